The summed E-state index contributed by atoms with van der Waals surface area (Å²) in [6.07, 6.45) is 2.23. The first-order valence-corrected chi connectivity index (χ1v) is 9.68. The zero-order chi connectivity index (χ0) is 16.8. The Bertz CT molecular complexity index is 639. The van der Waals surface area contributed by atoms with Crippen LogP contribution in [0.2, 0.25) is 0 Å². The Balaban J connectivity index is 1.59. The molecule has 0 saturated carbocycles. The minimum Gasteiger partial charge on any atom is -0.484 e. The maximum Gasteiger partial charge on any atom is 0.260 e. The van der Waals surface area contributed by atoms with Crippen molar-refractivity contribution in [1.82, 2.24) is 4.90 Å². The minimum absolute atomic E-state index is 0.0122. The highest BCUT2D eigenvalue weighted by atomic mass is 79.9. The van der Waals surface area contributed by atoms with Gasteiger partial charge in [0.05, 0.1) is 12.6 Å². The number of ether oxygens (including phenoxy) is 2. The third-order valence-corrected chi connectivity index (χ3v) is 5.29. The van der Waals surface area contributed by atoms with Gasteiger partial charge in [0.1, 0.15) is 5.75 Å². The molecule has 1 atom stereocenters. The van der Waals surface area contributed by atoms with Crippen LogP contribution in [-0.4, -0.2) is 36.7 Å². The molecule has 1 aliphatic heterocycles. The van der Waals surface area contributed by atoms with Gasteiger partial charge in [-0.2, -0.15) is 0 Å². The molecule has 3 rings (SSSR count). The lowest BCUT2D eigenvalue weighted by atomic mass is 10.2. The monoisotopic (exact) mass is 409 g/mol. The van der Waals surface area contributed by atoms with Gasteiger partial charge in [-0.3, -0.25) is 4.79 Å². The van der Waals surface area contributed by atoms with E-state index in [4.69, 9.17) is 9.47 Å². The normalized spacial score (nSPS) is 17.0. The zero-order valence-corrected chi connectivity index (χ0v) is 15.7. The van der Waals surface area contributed by atoms with Gasteiger partial charge in [-0.25, -0.2) is 0 Å². The van der Waals surface area contributed by atoms with Gasteiger partial charge in [-0.15, -0.1) is 11.3 Å². The average molecular weight is 410 g/mol. The summed E-state index contributed by atoms with van der Waals surface area (Å²) in [4.78, 5) is 15.7. The maximum absolute atomic E-state index is 12.6. The van der Waals surface area contributed by atoms with Gasteiger partial charge in [0.25, 0.3) is 5.91 Å². The molecule has 1 aliphatic rings. The van der Waals surface area contributed by atoms with Gasteiger partial charge in [0.2, 0.25) is 0 Å². The van der Waals surface area contributed by atoms with E-state index < -0.39 is 0 Å². The Labute approximate surface area is 154 Å². The second-order valence-corrected chi connectivity index (χ2v) is 7.68. The number of carbonyl (C=O) groups excluding carboxylic acids is 1. The van der Waals surface area contributed by atoms with Crippen LogP contribution in [0.1, 0.15) is 17.7 Å². The van der Waals surface area contributed by atoms with Crippen molar-refractivity contribution in [2.45, 2.75) is 25.5 Å². The van der Waals surface area contributed by atoms with Gasteiger partial charge >= 0.3 is 0 Å². The Morgan fingerprint density at radius 2 is 2.17 bits per heavy atom. The van der Waals surface area contributed by atoms with E-state index in [9.17, 15) is 4.79 Å². The fourth-order valence-electron chi connectivity index (χ4n) is 2.65. The number of rotatable bonds is 7. The summed E-state index contributed by atoms with van der Waals surface area (Å²) >= 11 is 5.05. The van der Waals surface area contributed by atoms with Gasteiger partial charge in [0.15, 0.2) is 6.61 Å². The lowest BCUT2D eigenvalue weighted by Gasteiger charge is -2.25. The van der Waals surface area contributed by atoms with Gasteiger partial charge in [-0.05, 0) is 48.6 Å². The molecular weight excluding hydrogens is 390 g/mol. The molecule has 0 aliphatic carbocycles. The summed E-state index contributed by atoms with van der Waals surface area (Å²) in [5.74, 6) is 0.682. The van der Waals surface area contributed by atoms with Crippen LogP contribution in [0.5, 0.6) is 5.75 Å². The Hall–Kier alpha value is -1.37. The van der Waals surface area contributed by atoms with Crippen LogP contribution in [0.3, 0.4) is 0 Å². The van der Waals surface area contributed by atoms with Crippen LogP contribution in [-0.2, 0) is 16.1 Å². The van der Waals surface area contributed by atoms with Crippen LogP contribution in [0.15, 0.2) is 46.3 Å². The number of thiophene rings is 1. The summed E-state index contributed by atoms with van der Waals surface area (Å²) in [6.45, 7) is 2.07. The van der Waals surface area contributed by atoms with Crippen molar-refractivity contribution >= 4 is 33.2 Å². The zero-order valence-electron chi connectivity index (χ0n) is 13.3. The molecule has 1 amide bonds. The highest BCUT2D eigenvalue weighted by Gasteiger charge is 2.23. The fourth-order valence-corrected chi connectivity index (χ4v) is 3.63. The number of halogens is 1. The van der Waals surface area contributed by atoms with Crippen molar-refractivity contribution in [3.8, 4) is 5.75 Å². The van der Waals surface area contributed by atoms with Crippen LogP contribution in [0.25, 0.3) is 0 Å². The molecule has 1 saturated heterocycles. The molecule has 4 nitrogen and oxygen atoms in total. The number of amides is 1. The van der Waals surface area contributed by atoms with E-state index in [0.717, 1.165) is 23.9 Å². The van der Waals surface area contributed by atoms with Gasteiger partial charge in [-0.1, -0.05) is 22.0 Å². The van der Waals surface area contributed by atoms with Gasteiger partial charge in [0, 0.05) is 22.5 Å². The van der Waals surface area contributed by atoms with Crippen LogP contribution in [0.4, 0.5) is 0 Å². The summed E-state index contributed by atoms with van der Waals surface area (Å²) in [7, 11) is 0. The van der Waals surface area contributed by atoms with Crippen molar-refractivity contribution in [2.75, 3.05) is 19.8 Å². The van der Waals surface area contributed by atoms with Crippen molar-refractivity contribution in [1.29, 1.82) is 0 Å². The quantitative estimate of drug-likeness (QED) is 0.690. The molecule has 0 bridgehead atoms. The molecule has 2 heterocycles. The Kier molecular flexibility index (Phi) is 6.29. The molecule has 1 fully saturated rings. The van der Waals surface area contributed by atoms with Crippen LogP contribution >= 0.6 is 27.3 Å². The summed E-state index contributed by atoms with van der Waals surface area (Å²) in [5.41, 5.74) is 0. The summed E-state index contributed by atoms with van der Waals surface area (Å²) in [5, 5.41) is 2.03. The van der Waals surface area contributed by atoms with Crippen molar-refractivity contribution in [2.24, 2.45) is 0 Å². The SMILES string of the molecule is O=C(COc1ccc(Br)cc1)N(Cc1cccs1)CC1CCCO1. The smallest absolute Gasteiger partial charge is 0.260 e. The standard InChI is InChI=1S/C18H20BrNO3S/c19-14-5-7-15(8-6-14)23-13-18(21)20(11-16-3-1-9-22-16)12-17-4-2-10-24-17/h2,4-8,10,16H,1,3,9,11-13H2. The number of carbonyl (C=O) groups is 1. The lowest BCUT2D eigenvalue weighted by Crippen LogP contribution is -2.39. The number of hydrogen-bond donors (Lipinski definition) is 0. The molecular formula is C18H20BrNO3S. The highest BCUT2D eigenvalue weighted by Crippen LogP contribution is 2.19. The minimum atomic E-state index is -0.0122. The van der Waals surface area contributed by atoms with E-state index in [1.165, 1.54) is 4.88 Å². The lowest BCUT2D eigenvalue weighted by molar-refractivity contribution is -0.135. The van der Waals surface area contributed by atoms with E-state index >= 15 is 0 Å². The first-order chi connectivity index (χ1) is 11.7. The van der Waals surface area contributed by atoms with Crippen LogP contribution < -0.4 is 4.74 Å². The van der Waals surface area contributed by atoms with E-state index in [1.54, 1.807) is 11.3 Å². The third kappa shape index (κ3) is 5.06. The Morgan fingerprint density at radius 1 is 1.33 bits per heavy atom. The van der Waals surface area contributed by atoms with Crippen molar-refractivity contribution in [3.05, 3.63) is 51.1 Å². The topological polar surface area (TPSA) is 38.8 Å². The van der Waals surface area contributed by atoms with E-state index in [2.05, 4.69) is 22.0 Å². The molecule has 1 unspecified atom stereocenters. The maximum atomic E-state index is 12.6. The second-order valence-electron chi connectivity index (χ2n) is 5.73. The molecule has 0 spiro atoms. The second kappa shape index (κ2) is 8.65. The first kappa shape index (κ1) is 17.5. The highest BCUT2D eigenvalue weighted by molar-refractivity contribution is 9.10. The molecule has 2 aromatic rings. The molecule has 0 N–H and O–H groups in total. The van der Waals surface area contributed by atoms with Crippen molar-refractivity contribution < 1.29 is 14.3 Å². The molecule has 1 aromatic carbocycles. The molecule has 6 heteroatoms. The average Bonchev–Trinajstić information content (AvgIpc) is 3.27. The van der Waals surface area contributed by atoms with Gasteiger partial charge < -0.3 is 14.4 Å². The third-order valence-electron chi connectivity index (χ3n) is 3.90. The molecule has 24 heavy (non-hydrogen) atoms. The predicted molar refractivity (Wildman–Crippen MR) is 98.3 cm³/mol. The summed E-state index contributed by atoms with van der Waals surface area (Å²) < 4.78 is 12.3. The number of hydrogen-bond acceptors (Lipinski definition) is 4. The van der Waals surface area contributed by atoms with E-state index in [0.29, 0.717) is 18.8 Å². The molecule has 1 aromatic heterocycles. The number of nitrogens with zero attached hydrogens (tertiary/aromatic N) is 1. The van der Waals surface area contributed by atoms with Crippen molar-refractivity contribution in [3.63, 3.8) is 0 Å². The fraction of sp³-hybridized carbons (Fsp3) is 0.389. The predicted octanol–water partition coefficient (Wildman–Crippen LogP) is 4.10. The van der Waals surface area contributed by atoms with E-state index in [1.807, 2.05) is 40.6 Å². The van der Waals surface area contributed by atoms with Crippen LogP contribution in [0, 0.1) is 0 Å². The number of benzene rings is 1. The first-order valence-electron chi connectivity index (χ1n) is 8.01. The van der Waals surface area contributed by atoms with E-state index in [-0.39, 0.29) is 18.6 Å². The largest absolute Gasteiger partial charge is 0.484 e. The molecule has 0 radical (unpaired) electrons. The Morgan fingerprint density at radius 3 is 2.83 bits per heavy atom. The molecule has 128 valence electrons. The summed E-state index contributed by atoms with van der Waals surface area (Å²) in [6, 6.07) is 11.6.